The van der Waals surface area contributed by atoms with Gasteiger partial charge < -0.3 is 9.30 Å². The predicted octanol–water partition coefficient (Wildman–Crippen LogP) is 4.36. The van der Waals surface area contributed by atoms with Crippen LogP contribution in [0.25, 0.3) is 10.8 Å². The summed E-state index contributed by atoms with van der Waals surface area (Å²) >= 11 is 2.98. The average molecular weight is 453 g/mol. The van der Waals surface area contributed by atoms with Crippen LogP contribution in [0.5, 0.6) is 0 Å². The molecule has 0 aromatic carbocycles. The van der Waals surface area contributed by atoms with Crippen molar-refractivity contribution in [2.45, 2.75) is 26.8 Å². The molecule has 0 amide bonds. The maximum absolute atomic E-state index is 12.7. The summed E-state index contributed by atoms with van der Waals surface area (Å²) in [6.45, 7) is 4.37. The van der Waals surface area contributed by atoms with Crippen LogP contribution in [-0.4, -0.2) is 37.9 Å². The monoisotopic (exact) mass is 452 g/mol. The number of hydrogen-bond donors (Lipinski definition) is 0. The van der Waals surface area contributed by atoms with Gasteiger partial charge in [-0.15, -0.1) is 22.7 Å². The van der Waals surface area contributed by atoms with E-state index in [9.17, 15) is 9.59 Å². The van der Waals surface area contributed by atoms with Gasteiger partial charge in [-0.25, -0.2) is 19.7 Å². The fourth-order valence-corrected chi connectivity index (χ4v) is 4.70. The topological polar surface area (TPSA) is 87.0 Å². The van der Waals surface area contributed by atoms with Crippen LogP contribution >= 0.6 is 22.7 Å². The molecule has 0 N–H and O–H groups in total. The Bertz CT molecular complexity index is 1200. The quantitative estimate of drug-likeness (QED) is 0.292. The maximum Gasteiger partial charge on any atom is 0.358 e. The zero-order valence-electron chi connectivity index (χ0n) is 17.1. The van der Waals surface area contributed by atoms with Crippen LogP contribution < -0.4 is 0 Å². The van der Waals surface area contributed by atoms with Gasteiger partial charge >= 0.3 is 5.97 Å². The summed E-state index contributed by atoms with van der Waals surface area (Å²) in [5.41, 5.74) is 2.61. The van der Waals surface area contributed by atoms with Gasteiger partial charge in [0.2, 0.25) is 5.78 Å². The van der Waals surface area contributed by atoms with Crippen LogP contribution in [0, 0.1) is 13.8 Å². The first-order valence-electron chi connectivity index (χ1n) is 9.65. The van der Waals surface area contributed by atoms with Crippen LogP contribution in [0.2, 0.25) is 0 Å². The Morgan fingerprint density at radius 3 is 2.68 bits per heavy atom. The number of ketones is 1. The number of nitrogens with zero attached hydrogens (tertiary/aromatic N) is 4. The van der Waals surface area contributed by atoms with Gasteiger partial charge in [-0.3, -0.25) is 4.79 Å². The molecule has 7 nitrogen and oxygen atoms in total. The molecule has 4 heterocycles. The van der Waals surface area contributed by atoms with E-state index in [4.69, 9.17) is 4.74 Å². The van der Waals surface area contributed by atoms with Gasteiger partial charge in [-0.2, -0.15) is 0 Å². The van der Waals surface area contributed by atoms with E-state index in [0.717, 1.165) is 24.4 Å². The van der Waals surface area contributed by atoms with Gasteiger partial charge in [0.1, 0.15) is 0 Å². The molecule has 0 radical (unpaired) electrons. The van der Waals surface area contributed by atoms with E-state index in [1.54, 1.807) is 35.2 Å². The van der Waals surface area contributed by atoms with Crippen molar-refractivity contribution in [3.63, 3.8) is 0 Å². The normalized spacial score (nSPS) is 10.9. The Balaban J connectivity index is 1.38. The number of rotatable bonds is 8. The van der Waals surface area contributed by atoms with Crippen molar-refractivity contribution in [1.82, 2.24) is 19.5 Å². The van der Waals surface area contributed by atoms with E-state index in [2.05, 4.69) is 31.0 Å². The summed E-state index contributed by atoms with van der Waals surface area (Å²) in [6.07, 6.45) is 4.13. The van der Waals surface area contributed by atoms with E-state index in [0.29, 0.717) is 16.4 Å². The van der Waals surface area contributed by atoms with Gasteiger partial charge in [-0.1, -0.05) is 6.07 Å². The van der Waals surface area contributed by atoms with Crippen molar-refractivity contribution >= 4 is 34.4 Å². The lowest BCUT2D eigenvalue weighted by Gasteiger charge is -2.09. The summed E-state index contributed by atoms with van der Waals surface area (Å²) < 4.78 is 7.35. The summed E-state index contributed by atoms with van der Waals surface area (Å²) in [7, 11) is 0. The molecule has 4 aromatic rings. The Labute approximate surface area is 187 Å². The minimum absolute atomic E-state index is 0.140. The lowest BCUT2D eigenvalue weighted by molar-refractivity contribution is 0.0469. The van der Waals surface area contributed by atoms with E-state index in [1.807, 2.05) is 26.0 Å². The van der Waals surface area contributed by atoms with Crippen LogP contribution in [0.15, 0.2) is 47.4 Å². The first-order valence-corrected chi connectivity index (χ1v) is 11.4. The lowest BCUT2D eigenvalue weighted by atomic mass is 10.1. The molecule has 31 heavy (non-hydrogen) atoms. The molecule has 4 aromatic heterocycles. The number of aromatic nitrogens is 4. The van der Waals surface area contributed by atoms with Gasteiger partial charge in [0.15, 0.2) is 23.1 Å². The van der Waals surface area contributed by atoms with Crippen LogP contribution in [0.4, 0.5) is 0 Å². The maximum atomic E-state index is 12.7. The van der Waals surface area contributed by atoms with Gasteiger partial charge in [0.25, 0.3) is 0 Å². The zero-order valence-corrected chi connectivity index (χ0v) is 18.7. The average Bonchev–Trinajstić information content (AvgIpc) is 3.53. The standard InChI is InChI=1S/C22H20N4O3S2/c1-14-11-17(15(2)26(14)9-6-16-5-3-10-30-16)19(27)12-29-22(28)18-13-31-21(25-18)20-23-7-4-8-24-20/h3-5,7-8,10-11,13H,6,9,12H2,1-2H3. The van der Waals surface area contributed by atoms with E-state index in [1.165, 1.54) is 16.2 Å². The Hall–Kier alpha value is -3.17. The largest absolute Gasteiger partial charge is 0.453 e. The van der Waals surface area contributed by atoms with E-state index in [-0.39, 0.29) is 18.1 Å². The Kier molecular flexibility index (Phi) is 6.34. The summed E-state index contributed by atoms with van der Waals surface area (Å²) in [5, 5.41) is 4.16. The van der Waals surface area contributed by atoms with Crippen LogP contribution in [0.3, 0.4) is 0 Å². The number of carbonyl (C=O) groups excluding carboxylic acids is 2. The molecule has 0 aliphatic rings. The SMILES string of the molecule is Cc1cc(C(=O)COC(=O)c2csc(-c3ncccn3)n2)c(C)n1CCc1cccs1. The highest BCUT2D eigenvalue weighted by atomic mass is 32.1. The molecule has 4 rings (SSSR count). The molecule has 0 bridgehead atoms. The number of esters is 1. The second kappa shape index (κ2) is 9.32. The van der Waals surface area contributed by atoms with Crippen molar-refractivity contribution in [3.8, 4) is 10.8 Å². The molecular formula is C22H20N4O3S2. The number of thiophene rings is 1. The van der Waals surface area contributed by atoms with Crippen molar-refractivity contribution in [1.29, 1.82) is 0 Å². The molecule has 9 heteroatoms. The Morgan fingerprint density at radius 1 is 1.13 bits per heavy atom. The first kappa shape index (κ1) is 21.1. The highest BCUT2D eigenvalue weighted by Gasteiger charge is 2.19. The fourth-order valence-electron chi connectivity index (χ4n) is 3.27. The number of Topliss-reactive ketones (excluding diaryl/α,β-unsaturated/α-hetero) is 1. The van der Waals surface area contributed by atoms with E-state index < -0.39 is 5.97 Å². The molecule has 0 aliphatic heterocycles. The third-order valence-corrected chi connectivity index (χ3v) is 6.62. The van der Waals surface area contributed by atoms with Crippen molar-refractivity contribution in [3.05, 3.63) is 74.9 Å². The third-order valence-electron chi connectivity index (χ3n) is 4.84. The number of carbonyl (C=O) groups is 2. The van der Waals surface area contributed by atoms with Gasteiger partial charge in [0.05, 0.1) is 0 Å². The smallest absolute Gasteiger partial charge is 0.358 e. The number of thiazole rings is 1. The molecule has 0 unspecified atom stereocenters. The third kappa shape index (κ3) is 4.78. The second-order valence-electron chi connectivity index (χ2n) is 6.88. The molecule has 0 atom stereocenters. The molecule has 0 saturated carbocycles. The number of aryl methyl sites for hydroxylation is 2. The minimum atomic E-state index is -0.640. The van der Waals surface area contributed by atoms with Crippen molar-refractivity contribution in [2.75, 3.05) is 6.61 Å². The second-order valence-corrected chi connectivity index (χ2v) is 8.77. The van der Waals surface area contributed by atoms with Crippen molar-refractivity contribution in [2.24, 2.45) is 0 Å². The van der Waals surface area contributed by atoms with Crippen LogP contribution in [0.1, 0.15) is 37.1 Å². The Morgan fingerprint density at radius 2 is 1.94 bits per heavy atom. The summed E-state index contributed by atoms with van der Waals surface area (Å²) in [4.78, 5) is 38.8. The molecule has 0 aliphatic carbocycles. The molecule has 0 spiro atoms. The van der Waals surface area contributed by atoms with Crippen molar-refractivity contribution < 1.29 is 14.3 Å². The number of ether oxygens (including phenoxy) is 1. The zero-order chi connectivity index (χ0) is 21.8. The molecular weight excluding hydrogens is 432 g/mol. The highest BCUT2D eigenvalue weighted by Crippen LogP contribution is 2.21. The fraction of sp³-hybridized carbons (Fsp3) is 0.227. The highest BCUT2D eigenvalue weighted by molar-refractivity contribution is 7.13. The molecule has 0 fully saturated rings. The van der Waals surface area contributed by atoms with Crippen LogP contribution in [-0.2, 0) is 17.7 Å². The predicted molar refractivity (Wildman–Crippen MR) is 120 cm³/mol. The van der Waals surface area contributed by atoms with Gasteiger partial charge in [-0.05, 0) is 43.8 Å². The van der Waals surface area contributed by atoms with Gasteiger partial charge in [0, 0.05) is 46.1 Å². The molecule has 0 saturated heterocycles. The summed E-state index contributed by atoms with van der Waals surface area (Å²) in [5.74, 6) is -0.429. The lowest BCUT2D eigenvalue weighted by Crippen LogP contribution is -2.15. The minimum Gasteiger partial charge on any atom is -0.453 e. The van der Waals surface area contributed by atoms with E-state index >= 15 is 0 Å². The first-order chi connectivity index (χ1) is 15.0. The number of hydrogen-bond acceptors (Lipinski definition) is 8. The summed E-state index contributed by atoms with van der Waals surface area (Å²) in [6, 6.07) is 7.71. The molecule has 158 valence electrons.